The molecule has 4 nitrogen and oxygen atoms in total. The average molecular weight is 701 g/mol. The predicted molar refractivity (Wildman–Crippen MR) is 221 cm³/mol. The molecule has 0 radical (unpaired) electrons. The summed E-state index contributed by atoms with van der Waals surface area (Å²) in [4.78, 5) is 19.4. The van der Waals surface area contributed by atoms with Gasteiger partial charge in [-0.15, -0.1) is 0 Å². The Kier molecular flexibility index (Phi) is 7.04. The molecule has 0 bridgehead atoms. The maximum atomic E-state index is 5.32. The molecule has 0 amide bonds. The second kappa shape index (κ2) is 12.4. The molecule has 1 spiro atoms. The van der Waals surface area contributed by atoms with E-state index in [1.165, 1.54) is 55.6 Å². The number of rotatable bonds is 4. The van der Waals surface area contributed by atoms with Crippen LogP contribution in [0, 0.1) is 0 Å². The first-order valence-electron chi connectivity index (χ1n) is 18.6. The van der Waals surface area contributed by atoms with Crippen molar-refractivity contribution in [3.63, 3.8) is 0 Å². The summed E-state index contributed by atoms with van der Waals surface area (Å²) in [6.45, 7) is 0. The van der Waals surface area contributed by atoms with E-state index in [0.717, 1.165) is 39.2 Å². The molecule has 0 unspecified atom stereocenters. The second-order valence-electron chi connectivity index (χ2n) is 14.2. The van der Waals surface area contributed by atoms with Crippen LogP contribution in [-0.2, 0) is 5.41 Å². The Morgan fingerprint density at radius 1 is 0.309 bits per heavy atom. The van der Waals surface area contributed by atoms with Crippen molar-refractivity contribution in [2.75, 3.05) is 0 Å². The number of fused-ring (bicyclic) bond motifs is 12. The molecular formula is C51H32N4. The smallest absolute Gasteiger partial charge is 0.160 e. The van der Waals surface area contributed by atoms with Gasteiger partial charge in [0.15, 0.2) is 5.82 Å². The highest BCUT2D eigenvalue weighted by molar-refractivity contribution is 5.97. The van der Waals surface area contributed by atoms with E-state index in [-0.39, 0.29) is 0 Å². The van der Waals surface area contributed by atoms with E-state index in [0.29, 0.717) is 5.82 Å². The number of hydrogen-bond donors (Lipinski definition) is 0. The van der Waals surface area contributed by atoms with Gasteiger partial charge in [-0.3, -0.25) is 9.97 Å². The number of nitrogens with zero attached hydrogens (tertiary/aromatic N) is 4. The van der Waals surface area contributed by atoms with E-state index in [1.807, 2.05) is 24.5 Å². The Hall–Kier alpha value is -7.30. The fourth-order valence-electron chi connectivity index (χ4n) is 8.94. The van der Waals surface area contributed by atoms with Crippen molar-refractivity contribution in [2.45, 2.75) is 5.41 Å². The summed E-state index contributed by atoms with van der Waals surface area (Å²) in [6, 6.07) is 61.2. The van der Waals surface area contributed by atoms with Crippen LogP contribution < -0.4 is 0 Å². The molecule has 9 aromatic rings. The Morgan fingerprint density at radius 3 is 1.33 bits per heavy atom. The number of benzene rings is 6. The lowest BCUT2D eigenvalue weighted by molar-refractivity contribution is 0.775. The predicted octanol–water partition coefficient (Wildman–Crippen LogP) is 11.9. The number of pyridine rings is 2. The molecule has 0 N–H and O–H groups in total. The first-order valence-corrected chi connectivity index (χ1v) is 18.6. The topological polar surface area (TPSA) is 51.6 Å². The number of hydrogen-bond acceptors (Lipinski definition) is 4. The Morgan fingerprint density at radius 2 is 0.764 bits per heavy atom. The van der Waals surface area contributed by atoms with Gasteiger partial charge in [0.1, 0.15) is 0 Å². The highest BCUT2D eigenvalue weighted by Crippen LogP contribution is 2.61. The van der Waals surface area contributed by atoms with Crippen molar-refractivity contribution < 1.29 is 0 Å². The van der Waals surface area contributed by atoms with E-state index < -0.39 is 5.41 Å². The van der Waals surface area contributed by atoms with Crippen LogP contribution in [0.1, 0.15) is 22.3 Å². The summed E-state index contributed by atoms with van der Waals surface area (Å²) < 4.78 is 0. The molecule has 3 heterocycles. The molecule has 11 rings (SSSR count). The molecule has 256 valence electrons. The quantitative estimate of drug-likeness (QED) is 0.183. The van der Waals surface area contributed by atoms with Crippen LogP contribution in [-0.4, -0.2) is 19.9 Å². The Balaban J connectivity index is 1.18. The molecule has 6 aromatic carbocycles. The molecule has 4 heteroatoms. The van der Waals surface area contributed by atoms with E-state index in [1.54, 1.807) is 12.4 Å². The van der Waals surface area contributed by atoms with Crippen molar-refractivity contribution >= 4 is 0 Å². The second-order valence-corrected chi connectivity index (χ2v) is 14.2. The van der Waals surface area contributed by atoms with Gasteiger partial charge in [0.2, 0.25) is 0 Å². The van der Waals surface area contributed by atoms with Crippen LogP contribution in [0.25, 0.3) is 78.4 Å². The molecule has 55 heavy (non-hydrogen) atoms. The third-order valence-electron chi connectivity index (χ3n) is 11.3. The van der Waals surface area contributed by atoms with Crippen molar-refractivity contribution in [3.05, 3.63) is 217 Å². The molecule has 2 aliphatic carbocycles. The first-order chi connectivity index (χ1) is 27.3. The summed E-state index contributed by atoms with van der Waals surface area (Å²) in [5.74, 6) is 0.663. The summed E-state index contributed by atoms with van der Waals surface area (Å²) in [7, 11) is 0. The minimum Gasteiger partial charge on any atom is -0.264 e. The van der Waals surface area contributed by atoms with E-state index >= 15 is 0 Å². The van der Waals surface area contributed by atoms with Crippen LogP contribution in [0.4, 0.5) is 0 Å². The van der Waals surface area contributed by atoms with Crippen LogP contribution in [0.5, 0.6) is 0 Å². The van der Waals surface area contributed by atoms with Gasteiger partial charge in [-0.25, -0.2) is 9.97 Å². The van der Waals surface area contributed by atoms with Gasteiger partial charge in [0, 0.05) is 41.5 Å². The fraction of sp³-hybridized carbons (Fsp3) is 0.0196. The van der Waals surface area contributed by atoms with Crippen molar-refractivity contribution in [3.8, 4) is 78.4 Å². The summed E-state index contributed by atoms with van der Waals surface area (Å²) in [5.41, 5.74) is 18.7. The lowest BCUT2D eigenvalue weighted by Crippen LogP contribution is -2.29. The molecule has 0 aliphatic heterocycles. The molecule has 0 fully saturated rings. The van der Waals surface area contributed by atoms with Crippen molar-refractivity contribution in [1.29, 1.82) is 0 Å². The van der Waals surface area contributed by atoms with Crippen LogP contribution >= 0.6 is 0 Å². The minimum atomic E-state index is -0.583. The van der Waals surface area contributed by atoms with E-state index in [9.17, 15) is 0 Å². The van der Waals surface area contributed by atoms with Gasteiger partial charge in [0.25, 0.3) is 0 Å². The molecule has 0 saturated carbocycles. The Bertz CT molecular complexity index is 2870. The van der Waals surface area contributed by atoms with Crippen molar-refractivity contribution in [2.24, 2.45) is 0 Å². The largest absolute Gasteiger partial charge is 0.264 e. The lowest BCUT2D eigenvalue weighted by atomic mass is 9.65. The average Bonchev–Trinajstić information content (AvgIpc) is 3.52. The normalized spacial score (nSPS) is 12.9. The molecular weight excluding hydrogens is 669 g/mol. The highest BCUT2D eigenvalue weighted by atomic mass is 14.9. The maximum Gasteiger partial charge on any atom is 0.160 e. The Labute approximate surface area is 319 Å². The zero-order valence-corrected chi connectivity index (χ0v) is 29.8. The first kappa shape index (κ1) is 31.2. The maximum absolute atomic E-state index is 5.32. The molecule has 0 saturated heterocycles. The monoisotopic (exact) mass is 700 g/mol. The third kappa shape index (κ3) is 4.78. The lowest BCUT2D eigenvalue weighted by Gasteiger charge is -2.35. The fourth-order valence-corrected chi connectivity index (χ4v) is 8.94. The summed E-state index contributed by atoms with van der Waals surface area (Å²) in [5, 5.41) is 0. The van der Waals surface area contributed by atoms with Crippen LogP contribution in [0.2, 0.25) is 0 Å². The van der Waals surface area contributed by atoms with Gasteiger partial charge in [-0.05, 0) is 97.1 Å². The van der Waals surface area contributed by atoms with Crippen LogP contribution in [0.15, 0.2) is 195 Å². The highest BCUT2D eigenvalue weighted by Gasteiger charge is 2.49. The summed E-state index contributed by atoms with van der Waals surface area (Å²) >= 11 is 0. The third-order valence-corrected chi connectivity index (χ3v) is 11.3. The van der Waals surface area contributed by atoms with Gasteiger partial charge >= 0.3 is 0 Å². The molecule has 2 aliphatic rings. The zero-order valence-electron chi connectivity index (χ0n) is 29.8. The molecule has 0 atom stereocenters. The molecule has 3 aromatic heterocycles. The van der Waals surface area contributed by atoms with Gasteiger partial charge in [-0.2, -0.15) is 0 Å². The van der Waals surface area contributed by atoms with E-state index in [2.05, 4.69) is 168 Å². The minimum absolute atomic E-state index is 0.583. The van der Waals surface area contributed by atoms with Crippen molar-refractivity contribution in [1.82, 2.24) is 19.9 Å². The van der Waals surface area contributed by atoms with Gasteiger partial charge in [0.05, 0.1) is 16.8 Å². The van der Waals surface area contributed by atoms with Gasteiger partial charge < -0.3 is 0 Å². The number of aromatic nitrogens is 4. The SMILES string of the molecule is c1cncc(-c2ccc(-c3cc(-c4cccnc4)nc(-c4ccc5c(c4)C4(c6ccccc6-c6ccccc6-5)c5ccccc5-c5ccccc54)n3)cc2)c1. The summed E-state index contributed by atoms with van der Waals surface area (Å²) in [6.07, 6.45) is 7.35. The van der Waals surface area contributed by atoms with E-state index in [4.69, 9.17) is 9.97 Å². The zero-order chi connectivity index (χ0) is 36.3. The van der Waals surface area contributed by atoms with Crippen LogP contribution in [0.3, 0.4) is 0 Å². The standard InChI is InChI=1S/C51H32N4/c1-2-14-39-38(13-1)40-15-3-6-18-44(40)51(45-19-7-4-16-41(45)42-17-5-8-20-46(42)51)47-29-35(25-26-43(39)47)50-54-48(30-49(55-50)37-12-10-28-53-32-37)34-23-21-33(22-24-34)36-11-9-27-52-31-36/h1-32H. The van der Waals surface area contributed by atoms with Gasteiger partial charge in [-0.1, -0.05) is 140 Å².